The van der Waals surface area contributed by atoms with Crippen LogP contribution in [-0.2, 0) is 12.1 Å². The third kappa shape index (κ3) is 5.28. The van der Waals surface area contributed by atoms with Crippen molar-refractivity contribution in [2.75, 3.05) is 13.1 Å². The number of halogens is 1. The van der Waals surface area contributed by atoms with E-state index in [0.29, 0.717) is 23.3 Å². The van der Waals surface area contributed by atoms with E-state index >= 15 is 0 Å². The number of guanidine groups is 1. The smallest absolute Gasteiger partial charge is 0.191 e. The van der Waals surface area contributed by atoms with Crippen molar-refractivity contribution in [3.8, 4) is 0 Å². The Morgan fingerprint density at radius 2 is 2.08 bits per heavy atom. The minimum absolute atomic E-state index is 0.279. The Morgan fingerprint density at radius 1 is 1.29 bits per heavy atom. The van der Waals surface area contributed by atoms with Crippen molar-refractivity contribution < 1.29 is 9.52 Å². The van der Waals surface area contributed by atoms with Gasteiger partial charge in [0.1, 0.15) is 17.1 Å². The number of furan rings is 1. The van der Waals surface area contributed by atoms with E-state index in [-0.39, 0.29) is 6.54 Å². The van der Waals surface area contributed by atoms with E-state index in [4.69, 9.17) is 16.0 Å². The topological polar surface area (TPSA) is 69.8 Å². The predicted molar refractivity (Wildman–Crippen MR) is 97.3 cm³/mol. The van der Waals surface area contributed by atoms with Crippen LogP contribution in [0.1, 0.15) is 30.9 Å². The van der Waals surface area contributed by atoms with Crippen molar-refractivity contribution in [1.29, 1.82) is 0 Å². The molecule has 0 saturated carbocycles. The fourth-order valence-corrected chi connectivity index (χ4v) is 2.43. The maximum atomic E-state index is 10.6. The van der Waals surface area contributed by atoms with Gasteiger partial charge in [0, 0.05) is 11.6 Å². The average molecular weight is 350 g/mol. The SMILES string of the molecule is CCNC(=NCc1cccc(Cl)c1)NCC(C)(O)c1ccc(C)o1. The van der Waals surface area contributed by atoms with Gasteiger partial charge >= 0.3 is 0 Å². The van der Waals surface area contributed by atoms with Crippen LogP contribution in [0.4, 0.5) is 0 Å². The number of hydrogen-bond acceptors (Lipinski definition) is 3. The van der Waals surface area contributed by atoms with Crippen LogP contribution in [0.15, 0.2) is 45.8 Å². The molecule has 0 amide bonds. The second kappa shape index (κ2) is 8.22. The highest BCUT2D eigenvalue weighted by Crippen LogP contribution is 2.21. The molecule has 0 saturated heterocycles. The fourth-order valence-electron chi connectivity index (χ4n) is 2.21. The number of hydrogen-bond donors (Lipinski definition) is 3. The lowest BCUT2D eigenvalue weighted by Crippen LogP contribution is -2.44. The lowest BCUT2D eigenvalue weighted by molar-refractivity contribution is 0.0378. The summed E-state index contributed by atoms with van der Waals surface area (Å²) in [5.41, 5.74) is -0.103. The summed E-state index contributed by atoms with van der Waals surface area (Å²) in [6.07, 6.45) is 0. The zero-order chi connectivity index (χ0) is 17.6. The van der Waals surface area contributed by atoms with Gasteiger partial charge in [-0.3, -0.25) is 0 Å². The zero-order valence-corrected chi connectivity index (χ0v) is 15.0. The molecule has 3 N–H and O–H groups in total. The Balaban J connectivity index is 2.01. The van der Waals surface area contributed by atoms with E-state index in [1.54, 1.807) is 13.0 Å². The van der Waals surface area contributed by atoms with Gasteiger partial charge in [0.15, 0.2) is 5.96 Å². The lowest BCUT2D eigenvalue weighted by Gasteiger charge is -2.22. The second-order valence-corrected chi connectivity index (χ2v) is 6.30. The maximum Gasteiger partial charge on any atom is 0.191 e. The molecule has 0 spiro atoms. The van der Waals surface area contributed by atoms with E-state index < -0.39 is 5.60 Å². The summed E-state index contributed by atoms with van der Waals surface area (Å²) in [5.74, 6) is 1.92. The van der Waals surface area contributed by atoms with Gasteiger partial charge in [-0.1, -0.05) is 23.7 Å². The number of benzene rings is 1. The third-order valence-electron chi connectivity index (χ3n) is 3.52. The first kappa shape index (κ1) is 18.4. The quantitative estimate of drug-likeness (QED) is 0.553. The lowest BCUT2D eigenvalue weighted by atomic mass is 10.0. The monoisotopic (exact) mass is 349 g/mol. The van der Waals surface area contributed by atoms with Crippen LogP contribution in [0.2, 0.25) is 5.02 Å². The van der Waals surface area contributed by atoms with Crippen LogP contribution in [-0.4, -0.2) is 24.2 Å². The summed E-state index contributed by atoms with van der Waals surface area (Å²) >= 11 is 5.99. The molecule has 1 atom stereocenters. The second-order valence-electron chi connectivity index (χ2n) is 5.86. The number of rotatable bonds is 6. The summed E-state index contributed by atoms with van der Waals surface area (Å²) in [6.45, 7) is 7.05. The number of nitrogens with one attached hydrogen (secondary N) is 2. The first-order chi connectivity index (χ1) is 11.4. The predicted octanol–water partition coefficient (Wildman–Crippen LogP) is 3.20. The van der Waals surface area contributed by atoms with Crippen molar-refractivity contribution in [1.82, 2.24) is 10.6 Å². The molecule has 0 bridgehead atoms. The van der Waals surface area contributed by atoms with Gasteiger partial charge in [0.2, 0.25) is 0 Å². The van der Waals surface area contributed by atoms with Crippen molar-refractivity contribution in [2.45, 2.75) is 32.9 Å². The number of aliphatic hydroxyl groups is 1. The van der Waals surface area contributed by atoms with E-state index in [9.17, 15) is 5.11 Å². The Kier molecular flexibility index (Phi) is 6.29. The molecule has 0 aliphatic rings. The summed E-state index contributed by atoms with van der Waals surface area (Å²) in [4.78, 5) is 4.52. The van der Waals surface area contributed by atoms with Crippen molar-refractivity contribution in [3.05, 3.63) is 58.5 Å². The van der Waals surface area contributed by atoms with Crippen LogP contribution in [0, 0.1) is 6.92 Å². The summed E-state index contributed by atoms with van der Waals surface area (Å²) in [7, 11) is 0. The highest BCUT2D eigenvalue weighted by Gasteiger charge is 2.27. The molecule has 2 rings (SSSR count). The molecule has 0 aliphatic carbocycles. The molecule has 5 nitrogen and oxygen atoms in total. The third-order valence-corrected chi connectivity index (χ3v) is 3.76. The molecule has 1 aromatic heterocycles. The van der Waals surface area contributed by atoms with E-state index in [1.165, 1.54) is 0 Å². The molecular formula is C18H24ClN3O2. The molecule has 0 fully saturated rings. The number of nitrogens with zero attached hydrogens (tertiary/aromatic N) is 1. The molecule has 0 radical (unpaired) electrons. The van der Waals surface area contributed by atoms with Crippen LogP contribution in [0.3, 0.4) is 0 Å². The van der Waals surface area contributed by atoms with Crippen molar-refractivity contribution in [3.63, 3.8) is 0 Å². The fraction of sp³-hybridized carbons (Fsp3) is 0.389. The van der Waals surface area contributed by atoms with Crippen molar-refractivity contribution in [2.24, 2.45) is 4.99 Å². The Hall–Kier alpha value is -1.98. The van der Waals surface area contributed by atoms with Gasteiger partial charge in [0.25, 0.3) is 0 Å². The van der Waals surface area contributed by atoms with Crippen LogP contribution in [0.25, 0.3) is 0 Å². The first-order valence-corrected chi connectivity index (χ1v) is 8.34. The van der Waals surface area contributed by atoms with Gasteiger partial charge < -0.3 is 20.2 Å². The molecule has 24 heavy (non-hydrogen) atoms. The van der Waals surface area contributed by atoms with Gasteiger partial charge in [-0.25, -0.2) is 4.99 Å². The maximum absolute atomic E-state index is 10.6. The molecule has 6 heteroatoms. The van der Waals surface area contributed by atoms with Gasteiger partial charge in [-0.05, 0) is 50.6 Å². The standard InChI is InChI=1S/C18H24ClN3O2/c1-4-20-17(21-11-14-6-5-7-15(19)10-14)22-12-18(3,23)16-9-8-13(2)24-16/h5-10,23H,4,11-12H2,1-3H3,(H2,20,21,22). The zero-order valence-electron chi connectivity index (χ0n) is 14.3. The highest BCUT2D eigenvalue weighted by molar-refractivity contribution is 6.30. The number of aliphatic imine (C=N–C) groups is 1. The molecule has 1 heterocycles. The minimum atomic E-state index is -1.12. The first-order valence-electron chi connectivity index (χ1n) is 7.96. The van der Waals surface area contributed by atoms with E-state index in [1.807, 2.05) is 44.2 Å². The van der Waals surface area contributed by atoms with Crippen LogP contribution in [0.5, 0.6) is 0 Å². The molecule has 130 valence electrons. The van der Waals surface area contributed by atoms with E-state index in [0.717, 1.165) is 17.9 Å². The largest absolute Gasteiger partial charge is 0.463 e. The highest BCUT2D eigenvalue weighted by atomic mass is 35.5. The van der Waals surface area contributed by atoms with Gasteiger partial charge in [0.05, 0.1) is 13.1 Å². The van der Waals surface area contributed by atoms with Crippen LogP contribution < -0.4 is 10.6 Å². The van der Waals surface area contributed by atoms with Crippen LogP contribution >= 0.6 is 11.6 Å². The average Bonchev–Trinajstić information content (AvgIpc) is 2.98. The summed E-state index contributed by atoms with van der Waals surface area (Å²) < 4.78 is 5.52. The molecular weight excluding hydrogens is 326 g/mol. The van der Waals surface area contributed by atoms with E-state index in [2.05, 4.69) is 15.6 Å². The molecule has 2 aromatic rings. The molecule has 1 unspecified atom stereocenters. The summed E-state index contributed by atoms with van der Waals surface area (Å²) in [6, 6.07) is 11.2. The Morgan fingerprint density at radius 3 is 2.71 bits per heavy atom. The number of aryl methyl sites for hydroxylation is 1. The molecule has 1 aromatic carbocycles. The Bertz CT molecular complexity index is 695. The normalized spacial score (nSPS) is 14.3. The van der Waals surface area contributed by atoms with Gasteiger partial charge in [-0.2, -0.15) is 0 Å². The minimum Gasteiger partial charge on any atom is -0.463 e. The van der Waals surface area contributed by atoms with Crippen molar-refractivity contribution >= 4 is 17.6 Å². The molecule has 0 aliphatic heterocycles. The van der Waals surface area contributed by atoms with Gasteiger partial charge in [-0.15, -0.1) is 0 Å². The summed E-state index contributed by atoms with van der Waals surface area (Å²) in [5, 5.41) is 17.6. The Labute approximate surface area is 147 Å².